The monoisotopic (exact) mass is 453 g/mol. The predicted molar refractivity (Wildman–Crippen MR) is 125 cm³/mol. The lowest BCUT2D eigenvalue weighted by Crippen LogP contribution is -2.10. The van der Waals surface area contributed by atoms with Crippen LogP contribution >= 0.6 is 11.6 Å². The number of benzene rings is 2. The molecule has 0 bridgehead atoms. The van der Waals surface area contributed by atoms with Crippen molar-refractivity contribution < 1.29 is 19.1 Å². The SMILES string of the molecule is COc1cc(/C=C/C(=O)Nc2ccc(C(=O)c3nccn3C)cc2)cc(Cl)c1OC(C)C. The van der Waals surface area contributed by atoms with Gasteiger partial charge in [0.25, 0.3) is 0 Å². The van der Waals surface area contributed by atoms with Crippen molar-refractivity contribution in [2.45, 2.75) is 20.0 Å². The van der Waals surface area contributed by atoms with Crippen molar-refractivity contribution >= 4 is 35.1 Å². The maximum absolute atomic E-state index is 12.5. The van der Waals surface area contributed by atoms with Gasteiger partial charge in [-0.2, -0.15) is 0 Å². The van der Waals surface area contributed by atoms with Crippen LogP contribution in [0.1, 0.15) is 35.6 Å². The van der Waals surface area contributed by atoms with Gasteiger partial charge in [0, 0.05) is 36.8 Å². The van der Waals surface area contributed by atoms with E-state index in [-0.39, 0.29) is 17.8 Å². The van der Waals surface area contributed by atoms with Crippen molar-refractivity contribution in [2.75, 3.05) is 12.4 Å². The first-order valence-corrected chi connectivity index (χ1v) is 10.3. The Hall–Kier alpha value is -3.58. The van der Waals surface area contributed by atoms with E-state index in [0.717, 1.165) is 0 Å². The zero-order valence-electron chi connectivity index (χ0n) is 18.3. The van der Waals surface area contributed by atoms with Crippen LogP contribution in [-0.2, 0) is 11.8 Å². The first kappa shape index (κ1) is 23.1. The molecule has 0 atom stereocenters. The van der Waals surface area contributed by atoms with E-state index in [1.165, 1.54) is 13.2 Å². The molecule has 0 unspecified atom stereocenters. The molecule has 8 heteroatoms. The number of anilines is 1. The van der Waals surface area contributed by atoms with Crippen LogP contribution in [0.4, 0.5) is 5.69 Å². The van der Waals surface area contributed by atoms with E-state index in [1.54, 1.807) is 66.5 Å². The number of nitrogens with zero attached hydrogens (tertiary/aromatic N) is 2. The van der Waals surface area contributed by atoms with Gasteiger partial charge in [-0.1, -0.05) is 11.6 Å². The predicted octanol–water partition coefficient (Wildman–Crippen LogP) is 4.75. The second kappa shape index (κ2) is 10.2. The number of carbonyl (C=O) groups is 2. The molecule has 3 rings (SSSR count). The summed E-state index contributed by atoms with van der Waals surface area (Å²) in [5.41, 5.74) is 1.74. The Balaban J connectivity index is 1.67. The van der Waals surface area contributed by atoms with Crippen molar-refractivity contribution in [1.29, 1.82) is 0 Å². The highest BCUT2D eigenvalue weighted by atomic mass is 35.5. The Bertz CT molecular complexity index is 1150. The van der Waals surface area contributed by atoms with Gasteiger partial charge in [-0.25, -0.2) is 4.98 Å². The summed E-state index contributed by atoms with van der Waals surface area (Å²) in [5, 5.41) is 3.15. The molecule has 1 N–H and O–H groups in total. The summed E-state index contributed by atoms with van der Waals surface area (Å²) in [6.07, 6.45) is 6.24. The van der Waals surface area contributed by atoms with E-state index >= 15 is 0 Å². The Morgan fingerprint density at radius 2 is 1.91 bits per heavy atom. The molecule has 0 aliphatic rings. The zero-order valence-corrected chi connectivity index (χ0v) is 19.0. The van der Waals surface area contributed by atoms with Crippen LogP contribution in [0.3, 0.4) is 0 Å². The molecule has 1 aromatic heterocycles. The Labute approximate surface area is 191 Å². The van der Waals surface area contributed by atoms with Crippen LogP contribution in [0.25, 0.3) is 6.08 Å². The fourth-order valence-corrected chi connectivity index (χ4v) is 3.22. The molecule has 0 radical (unpaired) electrons. The molecule has 166 valence electrons. The smallest absolute Gasteiger partial charge is 0.248 e. The van der Waals surface area contributed by atoms with Gasteiger partial charge in [0.15, 0.2) is 17.3 Å². The summed E-state index contributed by atoms with van der Waals surface area (Å²) in [6.45, 7) is 3.80. The quantitative estimate of drug-likeness (QED) is 0.393. The van der Waals surface area contributed by atoms with Crippen LogP contribution in [0.15, 0.2) is 54.9 Å². The van der Waals surface area contributed by atoms with E-state index in [1.807, 2.05) is 13.8 Å². The van der Waals surface area contributed by atoms with Gasteiger partial charge in [0.1, 0.15) is 0 Å². The Morgan fingerprint density at radius 3 is 2.50 bits per heavy atom. The third-order valence-corrected chi connectivity index (χ3v) is 4.75. The average molecular weight is 454 g/mol. The summed E-state index contributed by atoms with van der Waals surface area (Å²) < 4.78 is 12.7. The second-order valence-corrected chi connectivity index (χ2v) is 7.70. The van der Waals surface area contributed by atoms with Crippen LogP contribution in [0.5, 0.6) is 11.5 Å². The summed E-state index contributed by atoms with van der Waals surface area (Å²) in [5.74, 6) is 0.783. The number of hydrogen-bond acceptors (Lipinski definition) is 5. The molecule has 7 nitrogen and oxygen atoms in total. The first-order chi connectivity index (χ1) is 15.3. The van der Waals surface area contributed by atoms with Gasteiger partial charge in [-0.3, -0.25) is 9.59 Å². The van der Waals surface area contributed by atoms with Crippen LogP contribution in [0.2, 0.25) is 5.02 Å². The number of ether oxygens (including phenoxy) is 2. The number of methoxy groups -OCH3 is 1. The van der Waals surface area contributed by atoms with Gasteiger partial charge in [0.05, 0.1) is 18.2 Å². The summed E-state index contributed by atoms with van der Waals surface area (Å²) >= 11 is 6.32. The molecule has 0 aliphatic carbocycles. The Kier molecular flexibility index (Phi) is 7.33. The van der Waals surface area contributed by atoms with Crippen LogP contribution in [0, 0.1) is 0 Å². The summed E-state index contributed by atoms with van der Waals surface area (Å²) in [6, 6.07) is 10.1. The van der Waals surface area contributed by atoms with Gasteiger partial charge in [-0.05, 0) is 61.9 Å². The molecular weight excluding hydrogens is 430 g/mol. The minimum atomic E-state index is -0.328. The van der Waals surface area contributed by atoms with Gasteiger partial charge >= 0.3 is 0 Å². The Morgan fingerprint density at radius 1 is 1.19 bits per heavy atom. The fraction of sp³-hybridized carbons (Fsp3) is 0.208. The fourth-order valence-electron chi connectivity index (χ4n) is 2.96. The van der Waals surface area contributed by atoms with E-state index in [0.29, 0.717) is 39.2 Å². The summed E-state index contributed by atoms with van der Waals surface area (Å²) in [7, 11) is 3.29. The molecule has 0 saturated heterocycles. The maximum Gasteiger partial charge on any atom is 0.248 e. The van der Waals surface area contributed by atoms with E-state index in [9.17, 15) is 9.59 Å². The first-order valence-electron chi connectivity index (χ1n) is 9.94. The number of aromatic nitrogens is 2. The van der Waals surface area contributed by atoms with E-state index in [4.69, 9.17) is 21.1 Å². The molecule has 0 fully saturated rings. The van der Waals surface area contributed by atoms with Crippen LogP contribution < -0.4 is 14.8 Å². The zero-order chi connectivity index (χ0) is 23.3. The molecule has 3 aromatic rings. The van der Waals surface area contributed by atoms with Crippen molar-refractivity contribution in [3.05, 3.63) is 76.8 Å². The third kappa shape index (κ3) is 5.56. The number of aryl methyl sites for hydroxylation is 1. The minimum absolute atomic E-state index is 0.0565. The number of nitrogens with one attached hydrogen (secondary N) is 1. The van der Waals surface area contributed by atoms with Crippen LogP contribution in [-0.4, -0.2) is 34.5 Å². The minimum Gasteiger partial charge on any atom is -0.493 e. The molecule has 1 amide bonds. The number of carbonyl (C=O) groups excluding carboxylic acids is 2. The number of ketones is 1. The van der Waals surface area contributed by atoms with Crippen molar-refractivity contribution in [3.63, 3.8) is 0 Å². The molecule has 1 heterocycles. The van der Waals surface area contributed by atoms with Crippen molar-refractivity contribution in [2.24, 2.45) is 7.05 Å². The second-order valence-electron chi connectivity index (χ2n) is 7.29. The lowest BCUT2D eigenvalue weighted by molar-refractivity contribution is -0.111. The third-order valence-electron chi connectivity index (χ3n) is 4.47. The number of imidazole rings is 1. The lowest BCUT2D eigenvalue weighted by atomic mass is 10.1. The van der Waals surface area contributed by atoms with Gasteiger partial charge < -0.3 is 19.4 Å². The standard InChI is InChI=1S/C24H24ClN3O4/c1-15(2)32-23-19(25)13-16(14-20(23)31-4)5-10-21(29)27-18-8-6-17(7-9-18)22(30)24-26-11-12-28(24)3/h5-15H,1-4H3,(H,27,29)/b10-5+. The highest BCUT2D eigenvalue weighted by molar-refractivity contribution is 6.32. The van der Waals surface area contributed by atoms with Gasteiger partial charge in [0.2, 0.25) is 11.7 Å². The topological polar surface area (TPSA) is 82.5 Å². The number of rotatable bonds is 8. The lowest BCUT2D eigenvalue weighted by Gasteiger charge is -2.15. The largest absolute Gasteiger partial charge is 0.493 e. The molecule has 0 saturated carbocycles. The van der Waals surface area contributed by atoms with Crippen molar-refractivity contribution in [3.8, 4) is 11.5 Å². The van der Waals surface area contributed by atoms with E-state index in [2.05, 4.69) is 10.3 Å². The number of halogens is 1. The van der Waals surface area contributed by atoms with E-state index < -0.39 is 0 Å². The molecule has 32 heavy (non-hydrogen) atoms. The molecular formula is C24H24ClN3O4. The summed E-state index contributed by atoms with van der Waals surface area (Å²) in [4.78, 5) is 28.9. The average Bonchev–Trinajstić information content (AvgIpc) is 3.19. The highest BCUT2D eigenvalue weighted by Crippen LogP contribution is 2.37. The molecule has 0 spiro atoms. The normalized spacial score (nSPS) is 11.1. The maximum atomic E-state index is 12.5. The van der Waals surface area contributed by atoms with Gasteiger partial charge in [-0.15, -0.1) is 0 Å². The number of hydrogen-bond donors (Lipinski definition) is 1. The number of amides is 1. The van der Waals surface area contributed by atoms with Crippen molar-refractivity contribution in [1.82, 2.24) is 9.55 Å². The highest BCUT2D eigenvalue weighted by Gasteiger charge is 2.14. The molecule has 2 aromatic carbocycles. The molecule has 0 aliphatic heterocycles.